The minimum atomic E-state index is 0.00695. The van der Waals surface area contributed by atoms with Gasteiger partial charge in [-0.2, -0.15) is 0 Å². The number of carbonyl (C=O) groups is 1. The highest BCUT2D eigenvalue weighted by Crippen LogP contribution is 2.13. The number of nitrogens with one attached hydrogen (secondary N) is 1. The van der Waals surface area contributed by atoms with E-state index in [1.807, 2.05) is 37.3 Å². The van der Waals surface area contributed by atoms with Crippen molar-refractivity contribution in [2.75, 3.05) is 6.54 Å². The van der Waals surface area contributed by atoms with Gasteiger partial charge in [0.15, 0.2) is 0 Å². The van der Waals surface area contributed by atoms with E-state index in [2.05, 4.69) is 10.3 Å². The summed E-state index contributed by atoms with van der Waals surface area (Å²) < 4.78 is 0. The first-order valence-electron chi connectivity index (χ1n) is 5.79. The van der Waals surface area contributed by atoms with Gasteiger partial charge in [-0.15, -0.1) is 0 Å². The Morgan fingerprint density at radius 2 is 2.18 bits per heavy atom. The molecule has 1 heterocycles. The van der Waals surface area contributed by atoms with Gasteiger partial charge in [0, 0.05) is 30.8 Å². The summed E-state index contributed by atoms with van der Waals surface area (Å²) in [5, 5.41) is 2.93. The Morgan fingerprint density at radius 1 is 1.41 bits per heavy atom. The van der Waals surface area contributed by atoms with Crippen LogP contribution in [0.15, 0.2) is 47.0 Å². The standard InChI is InChI=1S/C14H16N2O/c1-11-9-15-8-7-13(11)14(17)16-10-12-5-3-2-4-6-12/h2-8,11H,9-10H2,1H3,(H,16,17). The Kier molecular flexibility index (Phi) is 3.70. The number of allylic oxidation sites excluding steroid dienone is 1. The molecule has 3 nitrogen and oxygen atoms in total. The van der Waals surface area contributed by atoms with Crippen LogP contribution in [0.2, 0.25) is 0 Å². The van der Waals surface area contributed by atoms with Crippen LogP contribution in [0, 0.1) is 5.92 Å². The van der Waals surface area contributed by atoms with Crippen LogP contribution in [0.5, 0.6) is 0 Å². The van der Waals surface area contributed by atoms with E-state index in [0.29, 0.717) is 13.1 Å². The summed E-state index contributed by atoms with van der Waals surface area (Å²) in [5.41, 5.74) is 1.93. The van der Waals surface area contributed by atoms with Crippen molar-refractivity contribution in [1.82, 2.24) is 5.32 Å². The minimum absolute atomic E-state index is 0.00695. The van der Waals surface area contributed by atoms with Crippen LogP contribution < -0.4 is 5.32 Å². The first-order chi connectivity index (χ1) is 8.27. The molecule has 0 spiro atoms. The fourth-order valence-electron chi connectivity index (χ4n) is 1.79. The van der Waals surface area contributed by atoms with Gasteiger partial charge in [0.2, 0.25) is 5.91 Å². The molecule has 0 radical (unpaired) electrons. The summed E-state index contributed by atoms with van der Waals surface area (Å²) in [7, 11) is 0. The molecule has 0 fully saturated rings. The lowest BCUT2D eigenvalue weighted by Crippen LogP contribution is -2.29. The topological polar surface area (TPSA) is 41.5 Å². The van der Waals surface area contributed by atoms with Crippen molar-refractivity contribution in [1.29, 1.82) is 0 Å². The van der Waals surface area contributed by atoms with Gasteiger partial charge in [-0.3, -0.25) is 9.79 Å². The molecule has 3 heteroatoms. The second-order valence-electron chi connectivity index (χ2n) is 4.21. The molecule has 88 valence electrons. The van der Waals surface area contributed by atoms with Crippen LogP contribution in [-0.2, 0) is 11.3 Å². The van der Waals surface area contributed by atoms with Crippen LogP contribution in [0.25, 0.3) is 0 Å². The maximum absolute atomic E-state index is 11.9. The molecule has 2 rings (SSSR count). The SMILES string of the molecule is CC1CN=CC=C1C(=O)NCc1ccccc1. The summed E-state index contributed by atoms with van der Waals surface area (Å²) in [4.78, 5) is 16.1. The number of hydrogen-bond donors (Lipinski definition) is 1. The molecular formula is C14H16N2O. The zero-order chi connectivity index (χ0) is 12.1. The van der Waals surface area contributed by atoms with Gasteiger partial charge in [0.25, 0.3) is 0 Å². The Bertz CT molecular complexity index is 449. The van der Waals surface area contributed by atoms with Crippen molar-refractivity contribution < 1.29 is 4.79 Å². The van der Waals surface area contributed by atoms with Gasteiger partial charge in [-0.25, -0.2) is 0 Å². The van der Waals surface area contributed by atoms with E-state index in [-0.39, 0.29) is 11.8 Å². The Labute approximate surface area is 101 Å². The van der Waals surface area contributed by atoms with Crippen LogP contribution in [-0.4, -0.2) is 18.7 Å². The molecule has 1 aromatic rings. The van der Waals surface area contributed by atoms with Crippen molar-refractivity contribution >= 4 is 12.1 Å². The van der Waals surface area contributed by atoms with Crippen LogP contribution in [0.1, 0.15) is 12.5 Å². The molecule has 17 heavy (non-hydrogen) atoms. The molecule has 0 aromatic heterocycles. The minimum Gasteiger partial charge on any atom is -0.348 e. The molecule has 0 saturated heterocycles. The van der Waals surface area contributed by atoms with Crippen LogP contribution in [0.4, 0.5) is 0 Å². The highest BCUT2D eigenvalue weighted by atomic mass is 16.1. The molecule has 1 N–H and O–H groups in total. The van der Waals surface area contributed by atoms with Crippen molar-refractivity contribution in [3.05, 3.63) is 47.5 Å². The normalized spacial score (nSPS) is 18.6. The maximum atomic E-state index is 11.9. The fourth-order valence-corrected chi connectivity index (χ4v) is 1.79. The molecule has 1 atom stereocenters. The van der Waals surface area contributed by atoms with Crippen molar-refractivity contribution in [2.45, 2.75) is 13.5 Å². The van der Waals surface area contributed by atoms with E-state index in [0.717, 1.165) is 11.1 Å². The molecule has 0 saturated carbocycles. The number of carbonyl (C=O) groups excluding carboxylic acids is 1. The lowest BCUT2D eigenvalue weighted by Gasteiger charge is -2.16. The third-order valence-corrected chi connectivity index (χ3v) is 2.83. The van der Waals surface area contributed by atoms with Crippen molar-refractivity contribution in [3.8, 4) is 0 Å². The lowest BCUT2D eigenvalue weighted by atomic mass is 9.98. The molecular weight excluding hydrogens is 212 g/mol. The average Bonchev–Trinajstić information content (AvgIpc) is 2.38. The lowest BCUT2D eigenvalue weighted by molar-refractivity contribution is -0.118. The number of amides is 1. The third kappa shape index (κ3) is 3.03. The molecule has 1 unspecified atom stereocenters. The Balaban J connectivity index is 1.94. The molecule has 1 amide bonds. The van der Waals surface area contributed by atoms with Crippen molar-refractivity contribution in [3.63, 3.8) is 0 Å². The first-order valence-corrected chi connectivity index (χ1v) is 5.79. The number of aliphatic imine (C=N–C) groups is 1. The number of benzene rings is 1. The Hall–Kier alpha value is -1.90. The molecule has 1 aromatic carbocycles. The second kappa shape index (κ2) is 5.43. The van der Waals surface area contributed by atoms with Crippen molar-refractivity contribution in [2.24, 2.45) is 10.9 Å². The van der Waals surface area contributed by atoms with E-state index in [1.165, 1.54) is 0 Å². The fraction of sp³-hybridized carbons (Fsp3) is 0.286. The van der Waals surface area contributed by atoms with E-state index >= 15 is 0 Å². The smallest absolute Gasteiger partial charge is 0.247 e. The largest absolute Gasteiger partial charge is 0.348 e. The highest BCUT2D eigenvalue weighted by molar-refractivity contribution is 5.98. The number of dihydropyridines is 1. The highest BCUT2D eigenvalue weighted by Gasteiger charge is 2.17. The quantitative estimate of drug-likeness (QED) is 0.844. The van der Waals surface area contributed by atoms with Gasteiger partial charge in [-0.05, 0) is 11.6 Å². The first kappa shape index (κ1) is 11.6. The predicted molar refractivity (Wildman–Crippen MR) is 68.9 cm³/mol. The predicted octanol–water partition coefficient (Wildman–Crippen LogP) is 1.95. The zero-order valence-electron chi connectivity index (χ0n) is 9.89. The molecule has 0 aliphatic carbocycles. The summed E-state index contributed by atoms with van der Waals surface area (Å²) in [6.07, 6.45) is 3.51. The molecule has 1 aliphatic heterocycles. The van der Waals surface area contributed by atoms with E-state index in [9.17, 15) is 4.79 Å². The van der Waals surface area contributed by atoms with E-state index in [1.54, 1.807) is 12.3 Å². The van der Waals surface area contributed by atoms with E-state index in [4.69, 9.17) is 0 Å². The summed E-state index contributed by atoms with van der Waals surface area (Å²) in [5.74, 6) is 0.211. The zero-order valence-corrected chi connectivity index (χ0v) is 9.89. The monoisotopic (exact) mass is 228 g/mol. The summed E-state index contributed by atoms with van der Waals surface area (Å²) in [6.45, 7) is 3.29. The Morgan fingerprint density at radius 3 is 2.88 bits per heavy atom. The molecule has 0 bridgehead atoms. The number of hydrogen-bond acceptors (Lipinski definition) is 2. The van der Waals surface area contributed by atoms with Gasteiger partial charge in [0.1, 0.15) is 0 Å². The van der Waals surface area contributed by atoms with Crippen LogP contribution in [0.3, 0.4) is 0 Å². The van der Waals surface area contributed by atoms with E-state index < -0.39 is 0 Å². The second-order valence-corrected chi connectivity index (χ2v) is 4.21. The summed E-state index contributed by atoms with van der Waals surface area (Å²) >= 11 is 0. The van der Waals surface area contributed by atoms with Gasteiger partial charge in [-0.1, -0.05) is 37.3 Å². The van der Waals surface area contributed by atoms with Gasteiger partial charge < -0.3 is 5.32 Å². The van der Waals surface area contributed by atoms with Crippen LogP contribution >= 0.6 is 0 Å². The number of nitrogens with zero attached hydrogens (tertiary/aromatic N) is 1. The average molecular weight is 228 g/mol. The molecule has 1 aliphatic rings. The maximum Gasteiger partial charge on any atom is 0.247 e. The third-order valence-electron chi connectivity index (χ3n) is 2.83. The van der Waals surface area contributed by atoms with Gasteiger partial charge in [0.05, 0.1) is 0 Å². The summed E-state index contributed by atoms with van der Waals surface area (Å²) in [6, 6.07) is 9.90. The van der Waals surface area contributed by atoms with Gasteiger partial charge >= 0.3 is 0 Å². The number of rotatable bonds is 3.